The lowest BCUT2D eigenvalue weighted by Gasteiger charge is -2.21. The van der Waals surface area contributed by atoms with Crippen molar-refractivity contribution in [2.45, 2.75) is 18.9 Å². The molecule has 1 aliphatic carbocycles. The van der Waals surface area contributed by atoms with Crippen LogP contribution in [0.5, 0.6) is 5.75 Å². The molecule has 2 aromatic carbocycles. The summed E-state index contributed by atoms with van der Waals surface area (Å²) >= 11 is 0. The highest BCUT2D eigenvalue weighted by Gasteiger charge is 2.29. The van der Waals surface area contributed by atoms with Crippen LogP contribution in [0, 0.1) is 0 Å². The normalized spacial score (nSPS) is 13.6. The zero-order chi connectivity index (χ0) is 18.3. The van der Waals surface area contributed by atoms with E-state index in [0.717, 1.165) is 35.7 Å². The largest absolute Gasteiger partial charge is 0.497 e. The first kappa shape index (κ1) is 16.3. The van der Waals surface area contributed by atoms with Gasteiger partial charge in [0.25, 0.3) is 0 Å². The Morgan fingerprint density at radius 3 is 2.46 bits per heavy atom. The number of aromatic nitrogens is 2. The summed E-state index contributed by atoms with van der Waals surface area (Å²) < 4.78 is 5.23. The average Bonchev–Trinajstić information content (AvgIpc) is 3.51. The van der Waals surface area contributed by atoms with Crippen LogP contribution in [0.25, 0.3) is 22.3 Å². The number of carbonyl (C=O) groups is 1. The van der Waals surface area contributed by atoms with Crippen molar-refractivity contribution in [1.29, 1.82) is 0 Å². The molecule has 1 aliphatic rings. The maximum absolute atomic E-state index is 11.3. The monoisotopic (exact) mass is 349 g/mol. The zero-order valence-electron chi connectivity index (χ0n) is 14.6. The van der Waals surface area contributed by atoms with Crippen molar-refractivity contribution in [3.05, 3.63) is 48.0 Å². The number of hydrogen-bond donors (Lipinski definition) is 1. The predicted molar refractivity (Wildman–Crippen MR) is 99.9 cm³/mol. The highest BCUT2D eigenvalue weighted by molar-refractivity contribution is 5.93. The Morgan fingerprint density at radius 1 is 1.12 bits per heavy atom. The first-order valence-electron chi connectivity index (χ1n) is 8.49. The van der Waals surface area contributed by atoms with Gasteiger partial charge in [-0.25, -0.2) is 14.8 Å². The summed E-state index contributed by atoms with van der Waals surface area (Å²) in [5.74, 6) is 0.587. The summed E-state index contributed by atoms with van der Waals surface area (Å²) in [5.41, 5.74) is 3.21. The zero-order valence-corrected chi connectivity index (χ0v) is 14.6. The van der Waals surface area contributed by atoms with Gasteiger partial charge in [-0.2, -0.15) is 0 Å². The van der Waals surface area contributed by atoms with E-state index in [4.69, 9.17) is 14.7 Å². The lowest BCUT2D eigenvalue weighted by atomic mass is 10.1. The van der Waals surface area contributed by atoms with E-state index in [1.807, 2.05) is 31.3 Å². The fraction of sp³-hybridized carbons (Fsp3) is 0.250. The van der Waals surface area contributed by atoms with Crippen LogP contribution in [0.15, 0.2) is 42.5 Å². The second kappa shape index (κ2) is 6.29. The minimum atomic E-state index is -0.968. The molecule has 1 fully saturated rings. The second-order valence-corrected chi connectivity index (χ2v) is 6.48. The van der Waals surface area contributed by atoms with Gasteiger partial charge in [0, 0.05) is 18.7 Å². The van der Waals surface area contributed by atoms with Crippen molar-refractivity contribution < 1.29 is 14.6 Å². The number of carboxylic acid groups (broad SMARTS) is 1. The van der Waals surface area contributed by atoms with Gasteiger partial charge in [-0.3, -0.25) is 0 Å². The van der Waals surface area contributed by atoms with Gasteiger partial charge in [-0.05, 0) is 55.3 Å². The third kappa shape index (κ3) is 2.94. The molecular formula is C20H19N3O3. The van der Waals surface area contributed by atoms with E-state index in [9.17, 15) is 9.90 Å². The highest BCUT2D eigenvalue weighted by atomic mass is 16.5. The summed E-state index contributed by atoms with van der Waals surface area (Å²) in [6.07, 6.45) is 2.26. The highest BCUT2D eigenvalue weighted by Crippen LogP contribution is 2.36. The molecule has 0 radical (unpaired) electrons. The molecular weight excluding hydrogens is 330 g/mol. The predicted octanol–water partition coefficient (Wildman–Crippen LogP) is 3.60. The molecule has 0 amide bonds. The number of ether oxygens (including phenoxy) is 1. The standard InChI is InChI=1S/C20H19N3O3/c1-23(14-6-7-14)19-18(12-3-8-15(26-2)9-4-12)21-16-10-5-13(20(24)25)11-17(16)22-19/h3-5,8-11,14H,6-7H2,1-2H3,(H,24,25). The molecule has 132 valence electrons. The summed E-state index contributed by atoms with van der Waals surface area (Å²) in [4.78, 5) is 23.0. The molecule has 1 heterocycles. The number of aromatic carboxylic acids is 1. The van der Waals surface area contributed by atoms with Crippen molar-refractivity contribution in [2.75, 3.05) is 19.1 Å². The van der Waals surface area contributed by atoms with Gasteiger partial charge < -0.3 is 14.7 Å². The topological polar surface area (TPSA) is 75.5 Å². The molecule has 0 atom stereocenters. The summed E-state index contributed by atoms with van der Waals surface area (Å²) in [6, 6.07) is 13.0. The SMILES string of the molecule is COc1ccc(-c2nc3ccc(C(=O)O)cc3nc2N(C)C2CC2)cc1. The molecule has 1 saturated carbocycles. The maximum Gasteiger partial charge on any atom is 0.335 e. The van der Waals surface area contributed by atoms with Crippen molar-refractivity contribution in [1.82, 2.24) is 9.97 Å². The Labute approximate surface area is 151 Å². The number of rotatable bonds is 5. The third-order valence-electron chi connectivity index (χ3n) is 4.68. The molecule has 0 aliphatic heterocycles. The Kier molecular flexibility index (Phi) is 3.95. The van der Waals surface area contributed by atoms with Crippen LogP contribution in [-0.4, -0.2) is 41.2 Å². The molecule has 6 heteroatoms. The fourth-order valence-corrected chi connectivity index (χ4v) is 3.00. The molecule has 1 aromatic heterocycles. The van der Waals surface area contributed by atoms with Gasteiger partial charge in [0.2, 0.25) is 0 Å². The third-order valence-corrected chi connectivity index (χ3v) is 4.68. The van der Waals surface area contributed by atoms with E-state index in [0.29, 0.717) is 17.1 Å². The molecule has 0 saturated heterocycles. The van der Waals surface area contributed by atoms with Gasteiger partial charge in [0.15, 0.2) is 5.82 Å². The van der Waals surface area contributed by atoms with Crippen molar-refractivity contribution in [3.8, 4) is 17.0 Å². The van der Waals surface area contributed by atoms with Crippen LogP contribution < -0.4 is 9.64 Å². The molecule has 3 aromatic rings. The van der Waals surface area contributed by atoms with E-state index < -0.39 is 5.97 Å². The van der Waals surface area contributed by atoms with Crippen molar-refractivity contribution >= 4 is 22.8 Å². The lowest BCUT2D eigenvalue weighted by molar-refractivity contribution is 0.0697. The van der Waals surface area contributed by atoms with E-state index >= 15 is 0 Å². The number of carboxylic acids is 1. The van der Waals surface area contributed by atoms with Crippen LogP contribution in [0.4, 0.5) is 5.82 Å². The van der Waals surface area contributed by atoms with Crippen LogP contribution >= 0.6 is 0 Å². The molecule has 1 N–H and O–H groups in total. The van der Waals surface area contributed by atoms with Gasteiger partial charge >= 0.3 is 5.97 Å². The quantitative estimate of drug-likeness (QED) is 0.758. The van der Waals surface area contributed by atoms with E-state index in [2.05, 4.69) is 4.90 Å². The lowest BCUT2D eigenvalue weighted by Crippen LogP contribution is -2.22. The number of hydrogen-bond acceptors (Lipinski definition) is 5. The molecule has 0 bridgehead atoms. The number of nitrogens with zero attached hydrogens (tertiary/aromatic N) is 3. The van der Waals surface area contributed by atoms with Gasteiger partial charge in [0.1, 0.15) is 11.4 Å². The van der Waals surface area contributed by atoms with Gasteiger partial charge in [-0.15, -0.1) is 0 Å². The van der Waals surface area contributed by atoms with E-state index in [1.54, 1.807) is 25.3 Å². The number of anilines is 1. The smallest absolute Gasteiger partial charge is 0.335 e. The molecule has 0 unspecified atom stereocenters. The minimum Gasteiger partial charge on any atom is -0.497 e. The van der Waals surface area contributed by atoms with E-state index in [-0.39, 0.29) is 5.56 Å². The Hall–Kier alpha value is -3.15. The maximum atomic E-state index is 11.3. The van der Waals surface area contributed by atoms with E-state index in [1.165, 1.54) is 0 Å². The van der Waals surface area contributed by atoms with Gasteiger partial charge in [0.05, 0.1) is 23.7 Å². The van der Waals surface area contributed by atoms with Crippen LogP contribution in [-0.2, 0) is 0 Å². The average molecular weight is 349 g/mol. The number of benzene rings is 2. The van der Waals surface area contributed by atoms with Crippen LogP contribution in [0.3, 0.4) is 0 Å². The number of methoxy groups -OCH3 is 1. The minimum absolute atomic E-state index is 0.212. The summed E-state index contributed by atoms with van der Waals surface area (Å²) in [5, 5.41) is 9.23. The summed E-state index contributed by atoms with van der Waals surface area (Å²) in [7, 11) is 3.65. The number of fused-ring (bicyclic) bond motifs is 1. The van der Waals surface area contributed by atoms with Gasteiger partial charge in [-0.1, -0.05) is 0 Å². The first-order chi connectivity index (χ1) is 12.6. The molecule has 6 nitrogen and oxygen atoms in total. The molecule has 4 rings (SSSR count). The molecule has 0 spiro atoms. The summed E-state index contributed by atoms with van der Waals surface area (Å²) in [6.45, 7) is 0. The second-order valence-electron chi connectivity index (χ2n) is 6.48. The van der Waals surface area contributed by atoms with Crippen LogP contribution in [0.1, 0.15) is 23.2 Å². The molecule has 26 heavy (non-hydrogen) atoms. The van der Waals surface area contributed by atoms with Crippen LogP contribution in [0.2, 0.25) is 0 Å². The Morgan fingerprint density at radius 2 is 1.85 bits per heavy atom. The fourth-order valence-electron chi connectivity index (χ4n) is 3.00. The Balaban J connectivity index is 1.89. The van der Waals surface area contributed by atoms with Crippen molar-refractivity contribution in [3.63, 3.8) is 0 Å². The van der Waals surface area contributed by atoms with Crippen molar-refractivity contribution in [2.24, 2.45) is 0 Å². The first-order valence-corrected chi connectivity index (χ1v) is 8.49. The Bertz CT molecular complexity index is 982.